The molecule has 110 valence electrons. The fourth-order valence-electron chi connectivity index (χ4n) is 2.82. The van der Waals surface area contributed by atoms with Crippen LogP contribution in [0.3, 0.4) is 0 Å². The van der Waals surface area contributed by atoms with Crippen molar-refractivity contribution in [1.29, 1.82) is 0 Å². The molecule has 0 unspecified atom stereocenters. The molecule has 3 heterocycles. The van der Waals surface area contributed by atoms with Crippen LogP contribution in [0.2, 0.25) is 0 Å². The van der Waals surface area contributed by atoms with Gasteiger partial charge in [-0.1, -0.05) is 0 Å². The third-order valence-corrected chi connectivity index (χ3v) is 4.51. The average molecular weight is 302 g/mol. The van der Waals surface area contributed by atoms with Gasteiger partial charge in [0.15, 0.2) is 0 Å². The number of fused-ring (bicyclic) bond motifs is 3. The molecular weight excluding hydrogens is 284 g/mol. The highest BCUT2D eigenvalue weighted by atomic mass is 32.2. The van der Waals surface area contributed by atoms with E-state index in [-0.39, 0.29) is 5.97 Å². The molecule has 1 aliphatic heterocycles. The fourth-order valence-corrected chi connectivity index (χ4v) is 3.39. The van der Waals surface area contributed by atoms with Gasteiger partial charge in [-0.2, -0.15) is 0 Å². The van der Waals surface area contributed by atoms with Gasteiger partial charge >= 0.3 is 5.97 Å². The van der Waals surface area contributed by atoms with Crippen LogP contribution in [-0.4, -0.2) is 28.4 Å². The third-order valence-electron chi connectivity index (χ3n) is 3.71. The van der Waals surface area contributed by atoms with E-state index in [4.69, 9.17) is 4.74 Å². The maximum Gasteiger partial charge on any atom is 0.331 e. The van der Waals surface area contributed by atoms with Crippen molar-refractivity contribution in [3.05, 3.63) is 30.1 Å². The minimum Gasteiger partial charge on any atom is -0.463 e. The van der Waals surface area contributed by atoms with E-state index in [2.05, 4.69) is 21.9 Å². The molecule has 0 amide bonds. The van der Waals surface area contributed by atoms with Crippen molar-refractivity contribution in [1.82, 2.24) is 9.55 Å². The van der Waals surface area contributed by atoms with Crippen LogP contribution in [0.1, 0.15) is 25.5 Å². The summed E-state index contributed by atoms with van der Waals surface area (Å²) in [6.45, 7) is 3.18. The van der Waals surface area contributed by atoms with Crippen molar-refractivity contribution < 1.29 is 9.53 Å². The van der Waals surface area contributed by atoms with E-state index >= 15 is 0 Å². The first kappa shape index (κ1) is 14.2. The van der Waals surface area contributed by atoms with Gasteiger partial charge < -0.3 is 9.30 Å². The third kappa shape index (κ3) is 2.58. The minimum absolute atomic E-state index is 0.260. The Hall–Kier alpha value is -1.75. The minimum atomic E-state index is -0.260. The summed E-state index contributed by atoms with van der Waals surface area (Å²) in [7, 11) is 0. The van der Waals surface area contributed by atoms with Crippen LogP contribution in [0, 0.1) is 0 Å². The maximum atomic E-state index is 11.7. The molecule has 0 N–H and O–H groups in total. The van der Waals surface area contributed by atoms with E-state index in [1.54, 1.807) is 17.8 Å². The summed E-state index contributed by atoms with van der Waals surface area (Å²) in [6, 6.07) is 4.19. The predicted molar refractivity (Wildman–Crippen MR) is 85.4 cm³/mol. The molecule has 2 aromatic rings. The topological polar surface area (TPSA) is 44.1 Å². The van der Waals surface area contributed by atoms with E-state index in [0.717, 1.165) is 41.7 Å². The van der Waals surface area contributed by atoms with Gasteiger partial charge in [0.25, 0.3) is 0 Å². The molecule has 21 heavy (non-hydrogen) atoms. The van der Waals surface area contributed by atoms with E-state index in [0.29, 0.717) is 6.61 Å². The second kappa shape index (κ2) is 5.93. The van der Waals surface area contributed by atoms with Crippen molar-refractivity contribution in [3.63, 3.8) is 0 Å². The number of ether oxygens (including phenoxy) is 1. The lowest BCUT2D eigenvalue weighted by atomic mass is 10.0. The molecule has 0 aromatic carbocycles. The SMILES string of the molecule is CCOC(=O)C=C1CCCn2c1cc1c(SC)ccnc12. The molecule has 0 saturated heterocycles. The normalized spacial score (nSPS) is 16.2. The first-order valence-electron chi connectivity index (χ1n) is 7.14. The van der Waals surface area contributed by atoms with Gasteiger partial charge in [0.2, 0.25) is 0 Å². The number of nitrogens with zero attached hydrogens (tertiary/aromatic N) is 2. The van der Waals surface area contributed by atoms with E-state index in [9.17, 15) is 4.79 Å². The largest absolute Gasteiger partial charge is 0.463 e. The van der Waals surface area contributed by atoms with Crippen molar-refractivity contribution in [2.24, 2.45) is 0 Å². The lowest BCUT2D eigenvalue weighted by Gasteiger charge is -2.18. The predicted octanol–water partition coefficient (Wildman–Crippen LogP) is 3.50. The number of rotatable bonds is 3. The number of hydrogen-bond acceptors (Lipinski definition) is 4. The molecule has 0 atom stereocenters. The summed E-state index contributed by atoms with van der Waals surface area (Å²) in [4.78, 5) is 17.5. The molecule has 3 rings (SSSR count). The zero-order valence-corrected chi connectivity index (χ0v) is 13.1. The van der Waals surface area contributed by atoms with E-state index < -0.39 is 0 Å². The first-order valence-corrected chi connectivity index (χ1v) is 8.37. The molecule has 5 heteroatoms. The quantitative estimate of drug-likeness (QED) is 0.494. The number of hydrogen-bond donors (Lipinski definition) is 0. The van der Waals surface area contributed by atoms with Crippen molar-refractivity contribution >= 4 is 34.3 Å². The van der Waals surface area contributed by atoms with Crippen LogP contribution >= 0.6 is 11.8 Å². The second-order valence-corrected chi connectivity index (χ2v) is 5.80. The maximum absolute atomic E-state index is 11.7. The second-order valence-electron chi connectivity index (χ2n) is 4.96. The Bertz CT molecular complexity index is 718. The van der Waals surface area contributed by atoms with Gasteiger partial charge in [0, 0.05) is 34.8 Å². The van der Waals surface area contributed by atoms with Gasteiger partial charge in [-0.15, -0.1) is 11.8 Å². The van der Waals surface area contributed by atoms with Crippen molar-refractivity contribution in [2.45, 2.75) is 31.2 Å². The summed E-state index contributed by atoms with van der Waals surface area (Å²) < 4.78 is 7.25. The highest BCUT2D eigenvalue weighted by molar-refractivity contribution is 7.98. The van der Waals surface area contributed by atoms with Gasteiger partial charge in [0.1, 0.15) is 5.65 Å². The van der Waals surface area contributed by atoms with E-state index in [1.807, 2.05) is 19.2 Å². The molecule has 0 fully saturated rings. The highest BCUT2D eigenvalue weighted by Crippen LogP contribution is 2.35. The molecule has 0 aliphatic carbocycles. The van der Waals surface area contributed by atoms with E-state index in [1.165, 1.54) is 4.90 Å². The molecule has 0 saturated carbocycles. The zero-order chi connectivity index (χ0) is 14.8. The number of carbonyl (C=O) groups is 1. The monoisotopic (exact) mass is 302 g/mol. The van der Waals surface area contributed by atoms with Crippen molar-refractivity contribution in [3.8, 4) is 0 Å². The van der Waals surface area contributed by atoms with Crippen LogP contribution < -0.4 is 0 Å². The number of aryl methyl sites for hydroxylation is 1. The summed E-state index contributed by atoms with van der Waals surface area (Å²) in [6.07, 6.45) is 7.48. The lowest BCUT2D eigenvalue weighted by Crippen LogP contribution is -2.11. The Morgan fingerprint density at radius 3 is 3.19 bits per heavy atom. The lowest BCUT2D eigenvalue weighted by molar-refractivity contribution is -0.137. The Kier molecular flexibility index (Phi) is 4.01. The molecule has 0 bridgehead atoms. The number of thioether (sulfide) groups is 1. The molecular formula is C16H18N2O2S. The molecule has 1 aliphatic rings. The molecule has 0 radical (unpaired) electrons. The summed E-state index contributed by atoms with van der Waals surface area (Å²) in [5, 5.41) is 1.16. The van der Waals surface area contributed by atoms with Gasteiger partial charge in [-0.3, -0.25) is 0 Å². The van der Waals surface area contributed by atoms with Gasteiger partial charge in [-0.05, 0) is 43.7 Å². The molecule has 0 spiro atoms. The van der Waals surface area contributed by atoms with Gasteiger partial charge in [0.05, 0.1) is 6.61 Å². The van der Waals surface area contributed by atoms with Crippen LogP contribution in [0.5, 0.6) is 0 Å². The molecule has 4 nitrogen and oxygen atoms in total. The fraction of sp³-hybridized carbons (Fsp3) is 0.375. The Morgan fingerprint density at radius 1 is 1.57 bits per heavy atom. The number of esters is 1. The van der Waals surface area contributed by atoms with Crippen LogP contribution in [0.4, 0.5) is 0 Å². The van der Waals surface area contributed by atoms with Crippen LogP contribution in [-0.2, 0) is 16.1 Å². The Labute approximate surface area is 128 Å². The Morgan fingerprint density at radius 2 is 2.43 bits per heavy atom. The van der Waals surface area contributed by atoms with Crippen LogP contribution in [0.25, 0.3) is 16.6 Å². The van der Waals surface area contributed by atoms with Crippen molar-refractivity contribution in [2.75, 3.05) is 12.9 Å². The highest BCUT2D eigenvalue weighted by Gasteiger charge is 2.20. The first-order chi connectivity index (χ1) is 10.2. The summed E-state index contributed by atoms with van der Waals surface area (Å²) in [5.41, 5.74) is 3.15. The Balaban J connectivity index is 2.12. The zero-order valence-electron chi connectivity index (χ0n) is 12.3. The van der Waals surface area contributed by atoms with Gasteiger partial charge in [-0.25, -0.2) is 9.78 Å². The van der Waals surface area contributed by atoms with Crippen LogP contribution in [0.15, 0.2) is 29.3 Å². The standard InChI is InChI=1S/C16H18N2O2S/c1-3-20-15(19)9-11-5-4-8-18-13(11)10-12-14(21-2)6-7-17-16(12)18/h6-7,9-10H,3-5,8H2,1-2H3. The number of aromatic nitrogens is 2. The number of allylic oxidation sites excluding steroid dienone is 1. The summed E-state index contributed by atoms with van der Waals surface area (Å²) >= 11 is 1.72. The average Bonchev–Trinajstić information content (AvgIpc) is 2.87. The number of carbonyl (C=O) groups excluding carboxylic acids is 1. The summed E-state index contributed by atoms with van der Waals surface area (Å²) in [5.74, 6) is -0.260. The number of pyridine rings is 1. The molecule has 2 aromatic heterocycles. The smallest absolute Gasteiger partial charge is 0.331 e.